The van der Waals surface area contributed by atoms with E-state index in [9.17, 15) is 9.59 Å². The Morgan fingerprint density at radius 1 is 1.14 bits per heavy atom. The minimum absolute atomic E-state index is 0.144. The smallest absolute Gasteiger partial charge is 0.306 e. The van der Waals surface area contributed by atoms with E-state index in [1.807, 2.05) is 6.92 Å². The van der Waals surface area contributed by atoms with Crippen molar-refractivity contribution in [3.05, 3.63) is 58.1 Å². The Morgan fingerprint density at radius 3 is 2.39 bits per heavy atom. The second kappa shape index (κ2) is 10.3. The Labute approximate surface area is 173 Å². The van der Waals surface area contributed by atoms with E-state index in [2.05, 4.69) is 5.32 Å². The summed E-state index contributed by atoms with van der Waals surface area (Å²) >= 11 is 12.0. The fourth-order valence-electron chi connectivity index (χ4n) is 2.54. The third-order valence-electron chi connectivity index (χ3n) is 4.02. The van der Waals surface area contributed by atoms with Gasteiger partial charge in [-0.3, -0.25) is 9.59 Å². The van der Waals surface area contributed by atoms with Gasteiger partial charge in [0.1, 0.15) is 5.75 Å². The van der Waals surface area contributed by atoms with E-state index in [1.54, 1.807) is 42.5 Å². The van der Waals surface area contributed by atoms with Gasteiger partial charge >= 0.3 is 5.97 Å². The Balaban J connectivity index is 2.05. The van der Waals surface area contributed by atoms with Crippen LogP contribution in [-0.2, 0) is 14.3 Å². The average molecular weight is 426 g/mol. The summed E-state index contributed by atoms with van der Waals surface area (Å²) in [5.41, 5.74) is 1.26. The lowest BCUT2D eigenvalue weighted by atomic mass is 10.1. The van der Waals surface area contributed by atoms with E-state index >= 15 is 0 Å². The van der Waals surface area contributed by atoms with Crippen LogP contribution in [0.15, 0.2) is 42.5 Å². The first-order valence-electron chi connectivity index (χ1n) is 8.61. The number of rotatable bonds is 9. The van der Waals surface area contributed by atoms with Gasteiger partial charge in [0, 0.05) is 23.9 Å². The molecular weight excluding hydrogens is 405 g/mol. The van der Waals surface area contributed by atoms with Crippen LogP contribution >= 0.6 is 23.2 Å². The average Bonchev–Trinajstić information content (AvgIpc) is 2.67. The molecule has 0 bridgehead atoms. The van der Waals surface area contributed by atoms with Crippen molar-refractivity contribution in [1.82, 2.24) is 0 Å². The molecule has 0 aromatic heterocycles. The third kappa shape index (κ3) is 6.12. The van der Waals surface area contributed by atoms with E-state index in [-0.39, 0.29) is 12.3 Å². The van der Waals surface area contributed by atoms with Crippen LogP contribution in [0.3, 0.4) is 0 Å². The molecule has 2 aromatic rings. The molecule has 6 nitrogen and oxygen atoms in total. The molecule has 0 aliphatic heterocycles. The summed E-state index contributed by atoms with van der Waals surface area (Å²) in [5, 5.41) is 12.5. The van der Waals surface area contributed by atoms with Crippen LogP contribution in [0.5, 0.6) is 5.75 Å². The molecule has 0 fully saturated rings. The lowest BCUT2D eigenvalue weighted by molar-refractivity contribution is -0.139. The van der Waals surface area contributed by atoms with Gasteiger partial charge in [0.05, 0.1) is 17.5 Å². The molecule has 0 saturated carbocycles. The van der Waals surface area contributed by atoms with Crippen molar-refractivity contribution in [2.75, 3.05) is 12.4 Å². The second-order valence-electron chi connectivity index (χ2n) is 6.02. The summed E-state index contributed by atoms with van der Waals surface area (Å²) in [4.78, 5) is 23.4. The minimum atomic E-state index is -0.952. The quantitative estimate of drug-likeness (QED) is 0.593. The molecule has 150 valence electrons. The Hall–Kier alpha value is -2.28. The number of carbonyl (C=O) groups is 2. The predicted molar refractivity (Wildman–Crippen MR) is 108 cm³/mol. The topological polar surface area (TPSA) is 84.9 Å². The van der Waals surface area contributed by atoms with Crippen LogP contribution in [0, 0.1) is 0 Å². The molecule has 0 aliphatic rings. The summed E-state index contributed by atoms with van der Waals surface area (Å²) in [6.07, 6.45) is -1.03. The summed E-state index contributed by atoms with van der Waals surface area (Å²) in [6.45, 7) is 1.82. The number of hydrogen-bond donors (Lipinski definition) is 2. The number of carboxylic acid groups (broad SMARTS) is 1. The van der Waals surface area contributed by atoms with Crippen LogP contribution < -0.4 is 10.1 Å². The molecule has 2 N–H and O–H groups in total. The Kier molecular flexibility index (Phi) is 8.11. The highest BCUT2D eigenvalue weighted by molar-refractivity contribution is 6.34. The number of hydrogen-bond acceptors (Lipinski definition) is 4. The molecular formula is C20H21Cl2NO5. The van der Waals surface area contributed by atoms with E-state index in [1.165, 1.54) is 7.11 Å². The first kappa shape index (κ1) is 22.0. The van der Waals surface area contributed by atoms with Gasteiger partial charge in [-0.25, -0.2) is 0 Å². The normalized spacial score (nSPS) is 12.9. The van der Waals surface area contributed by atoms with Gasteiger partial charge in [0.2, 0.25) is 0 Å². The maximum absolute atomic E-state index is 12.6. The minimum Gasteiger partial charge on any atom is -0.481 e. The van der Waals surface area contributed by atoms with Crippen LogP contribution in [-0.4, -0.2) is 30.2 Å². The predicted octanol–water partition coefficient (Wildman–Crippen LogP) is 4.95. The van der Waals surface area contributed by atoms with Crippen molar-refractivity contribution >= 4 is 40.8 Å². The zero-order chi connectivity index (χ0) is 20.7. The number of carboxylic acids is 1. The first-order valence-corrected chi connectivity index (χ1v) is 9.36. The fraction of sp³-hybridized carbons (Fsp3) is 0.300. The lowest BCUT2D eigenvalue weighted by Crippen LogP contribution is -2.32. The largest absolute Gasteiger partial charge is 0.481 e. The van der Waals surface area contributed by atoms with E-state index < -0.39 is 18.2 Å². The highest BCUT2D eigenvalue weighted by atomic mass is 35.5. The van der Waals surface area contributed by atoms with Crippen molar-refractivity contribution in [2.45, 2.75) is 32.0 Å². The standard InChI is InChI=1S/C20H21Cl2NO5/c1-3-16(28-18-10-13(21)6-9-15(18)22)20(26)23-14-7-4-12(5-8-14)17(27-2)11-19(24)25/h4-10,16-17H,3,11H2,1-2H3,(H,23,26)(H,24,25)/t16-,17+/m0/s1. The molecule has 0 saturated heterocycles. The van der Waals surface area contributed by atoms with Gasteiger partial charge in [-0.15, -0.1) is 0 Å². The number of ether oxygens (including phenoxy) is 2. The van der Waals surface area contributed by atoms with Crippen LogP contribution in [0.2, 0.25) is 10.0 Å². The van der Waals surface area contributed by atoms with Gasteiger partial charge in [0.25, 0.3) is 5.91 Å². The molecule has 1 amide bonds. The number of anilines is 1. The van der Waals surface area contributed by atoms with Crippen molar-refractivity contribution in [2.24, 2.45) is 0 Å². The third-order valence-corrected chi connectivity index (χ3v) is 4.57. The summed E-state index contributed by atoms with van der Waals surface area (Å²) in [6, 6.07) is 11.6. The highest BCUT2D eigenvalue weighted by Crippen LogP contribution is 2.29. The second-order valence-corrected chi connectivity index (χ2v) is 6.87. The zero-order valence-corrected chi connectivity index (χ0v) is 17.0. The molecule has 0 heterocycles. The number of aliphatic carboxylic acids is 1. The SMILES string of the molecule is CC[C@H](Oc1cc(Cl)ccc1Cl)C(=O)Nc1ccc([C@@H](CC(=O)O)OC)cc1. The van der Waals surface area contributed by atoms with E-state index in [0.29, 0.717) is 33.5 Å². The summed E-state index contributed by atoms with van der Waals surface area (Å²) < 4.78 is 10.9. The molecule has 2 rings (SSSR count). The number of nitrogens with one attached hydrogen (secondary N) is 1. The summed E-state index contributed by atoms with van der Waals surface area (Å²) in [5.74, 6) is -0.949. The summed E-state index contributed by atoms with van der Waals surface area (Å²) in [7, 11) is 1.45. The van der Waals surface area contributed by atoms with Crippen LogP contribution in [0.1, 0.15) is 31.4 Å². The van der Waals surface area contributed by atoms with Crippen molar-refractivity contribution in [1.29, 1.82) is 0 Å². The van der Waals surface area contributed by atoms with Crippen LogP contribution in [0.25, 0.3) is 0 Å². The monoisotopic (exact) mass is 425 g/mol. The van der Waals surface area contributed by atoms with Gasteiger partial charge in [-0.2, -0.15) is 0 Å². The first-order chi connectivity index (χ1) is 13.3. The number of benzene rings is 2. The lowest BCUT2D eigenvalue weighted by Gasteiger charge is -2.19. The Bertz CT molecular complexity index is 826. The molecule has 0 aliphatic carbocycles. The van der Waals surface area contributed by atoms with Crippen molar-refractivity contribution in [3.63, 3.8) is 0 Å². The molecule has 8 heteroatoms. The maximum Gasteiger partial charge on any atom is 0.306 e. The van der Waals surface area contributed by atoms with Gasteiger partial charge in [-0.05, 0) is 36.2 Å². The molecule has 0 radical (unpaired) electrons. The highest BCUT2D eigenvalue weighted by Gasteiger charge is 2.20. The molecule has 0 unspecified atom stereocenters. The maximum atomic E-state index is 12.6. The number of halogens is 2. The molecule has 28 heavy (non-hydrogen) atoms. The van der Waals surface area contributed by atoms with E-state index in [0.717, 1.165) is 0 Å². The fourth-order valence-corrected chi connectivity index (χ4v) is 2.87. The molecule has 0 spiro atoms. The van der Waals surface area contributed by atoms with Crippen molar-refractivity contribution in [3.8, 4) is 5.75 Å². The Morgan fingerprint density at radius 2 is 1.82 bits per heavy atom. The van der Waals surface area contributed by atoms with Gasteiger partial charge in [-0.1, -0.05) is 42.3 Å². The van der Waals surface area contributed by atoms with Gasteiger partial charge < -0.3 is 19.9 Å². The van der Waals surface area contributed by atoms with E-state index in [4.69, 9.17) is 37.8 Å². The van der Waals surface area contributed by atoms with Gasteiger partial charge in [0.15, 0.2) is 6.10 Å². The molecule has 2 aromatic carbocycles. The molecule has 2 atom stereocenters. The number of methoxy groups -OCH3 is 1. The zero-order valence-electron chi connectivity index (χ0n) is 15.4. The number of carbonyl (C=O) groups excluding carboxylic acids is 1. The number of amides is 1. The van der Waals surface area contributed by atoms with Crippen LogP contribution in [0.4, 0.5) is 5.69 Å². The van der Waals surface area contributed by atoms with Crippen molar-refractivity contribution < 1.29 is 24.2 Å².